The molecule has 1 atom stereocenters. The SMILES string of the molecule is O=C(CCc1ccc(OC(F)F)cc1)NC(CC(F)(F)F)C(=O)O. The van der Waals surface area contributed by atoms with Crippen molar-refractivity contribution in [1.29, 1.82) is 0 Å². The molecule has 1 rings (SSSR count). The van der Waals surface area contributed by atoms with Crippen molar-refractivity contribution < 1.29 is 41.4 Å². The Morgan fingerprint density at radius 3 is 2.21 bits per heavy atom. The van der Waals surface area contributed by atoms with E-state index in [2.05, 4.69) is 4.74 Å². The Morgan fingerprint density at radius 1 is 1.17 bits per heavy atom. The summed E-state index contributed by atoms with van der Waals surface area (Å²) >= 11 is 0. The fraction of sp³-hybridized carbons (Fsp3) is 0.429. The van der Waals surface area contributed by atoms with Gasteiger partial charge in [-0.3, -0.25) is 4.79 Å². The van der Waals surface area contributed by atoms with Crippen LogP contribution in [0, 0.1) is 0 Å². The quantitative estimate of drug-likeness (QED) is 0.703. The Bertz CT molecular complexity index is 559. The number of carbonyl (C=O) groups excluding carboxylic acids is 1. The number of hydrogen-bond donors (Lipinski definition) is 2. The number of carboxylic acids is 1. The van der Waals surface area contributed by atoms with E-state index < -0.39 is 37.1 Å². The third-order valence-corrected chi connectivity index (χ3v) is 2.86. The van der Waals surface area contributed by atoms with Crippen molar-refractivity contribution in [1.82, 2.24) is 5.32 Å². The van der Waals surface area contributed by atoms with Gasteiger partial charge >= 0.3 is 18.8 Å². The lowest BCUT2D eigenvalue weighted by atomic mass is 10.1. The Labute approximate surface area is 133 Å². The summed E-state index contributed by atoms with van der Waals surface area (Å²) < 4.78 is 64.7. The van der Waals surface area contributed by atoms with Crippen molar-refractivity contribution in [3.8, 4) is 5.75 Å². The third kappa shape index (κ3) is 7.75. The number of benzene rings is 1. The van der Waals surface area contributed by atoms with Gasteiger partial charge in [0.25, 0.3) is 0 Å². The number of aryl methyl sites for hydroxylation is 1. The highest BCUT2D eigenvalue weighted by atomic mass is 19.4. The van der Waals surface area contributed by atoms with Crippen LogP contribution in [0.1, 0.15) is 18.4 Å². The van der Waals surface area contributed by atoms with Crippen LogP contribution in [0.25, 0.3) is 0 Å². The highest BCUT2D eigenvalue weighted by Crippen LogP contribution is 2.22. The molecule has 5 nitrogen and oxygen atoms in total. The first-order valence-electron chi connectivity index (χ1n) is 6.69. The van der Waals surface area contributed by atoms with Gasteiger partial charge in [-0.1, -0.05) is 12.1 Å². The minimum atomic E-state index is -4.73. The number of aliphatic carboxylic acids is 1. The molecule has 10 heteroatoms. The molecular weight excluding hydrogens is 341 g/mol. The molecule has 0 saturated carbocycles. The summed E-state index contributed by atoms with van der Waals surface area (Å²) in [5, 5.41) is 10.5. The van der Waals surface area contributed by atoms with Crippen LogP contribution in [0.4, 0.5) is 22.0 Å². The van der Waals surface area contributed by atoms with Gasteiger partial charge in [0.05, 0.1) is 6.42 Å². The molecule has 0 spiro atoms. The first kappa shape index (κ1) is 19.7. The zero-order valence-electron chi connectivity index (χ0n) is 12.1. The molecule has 0 aliphatic heterocycles. The zero-order chi connectivity index (χ0) is 18.3. The molecule has 0 aromatic heterocycles. The van der Waals surface area contributed by atoms with Crippen molar-refractivity contribution in [3.63, 3.8) is 0 Å². The molecule has 1 aromatic carbocycles. The second kappa shape index (κ2) is 8.46. The molecule has 0 saturated heterocycles. The molecule has 134 valence electrons. The van der Waals surface area contributed by atoms with Crippen LogP contribution in [0.2, 0.25) is 0 Å². The summed E-state index contributed by atoms with van der Waals surface area (Å²) in [7, 11) is 0. The van der Waals surface area contributed by atoms with Crippen LogP contribution in [-0.4, -0.2) is 35.8 Å². The highest BCUT2D eigenvalue weighted by Gasteiger charge is 2.36. The van der Waals surface area contributed by atoms with E-state index in [1.165, 1.54) is 24.3 Å². The molecule has 0 radical (unpaired) electrons. The zero-order valence-corrected chi connectivity index (χ0v) is 12.1. The molecule has 0 aliphatic rings. The van der Waals surface area contributed by atoms with E-state index >= 15 is 0 Å². The van der Waals surface area contributed by atoms with Crippen LogP contribution < -0.4 is 10.1 Å². The Hall–Kier alpha value is -2.39. The van der Waals surface area contributed by atoms with Crippen molar-refractivity contribution in [2.24, 2.45) is 0 Å². The Kier molecular flexibility index (Phi) is 6.93. The van der Waals surface area contributed by atoms with Gasteiger partial charge in [0, 0.05) is 6.42 Å². The Balaban J connectivity index is 2.51. The molecule has 2 N–H and O–H groups in total. The fourth-order valence-corrected chi connectivity index (χ4v) is 1.79. The molecule has 1 aromatic rings. The maximum atomic E-state index is 12.2. The van der Waals surface area contributed by atoms with E-state index in [9.17, 15) is 31.5 Å². The van der Waals surface area contributed by atoms with E-state index in [4.69, 9.17) is 5.11 Å². The van der Waals surface area contributed by atoms with Gasteiger partial charge in [0.2, 0.25) is 5.91 Å². The number of carbonyl (C=O) groups is 2. The lowest BCUT2D eigenvalue weighted by Gasteiger charge is -2.16. The number of carboxylic acid groups (broad SMARTS) is 1. The number of ether oxygens (including phenoxy) is 1. The largest absolute Gasteiger partial charge is 0.480 e. The summed E-state index contributed by atoms with van der Waals surface area (Å²) in [6, 6.07) is 3.27. The first-order valence-corrected chi connectivity index (χ1v) is 6.69. The summed E-state index contributed by atoms with van der Waals surface area (Å²) in [4.78, 5) is 22.3. The van der Waals surface area contributed by atoms with Gasteiger partial charge in [-0.25, -0.2) is 4.79 Å². The number of rotatable bonds is 8. The van der Waals surface area contributed by atoms with E-state index in [0.717, 1.165) is 0 Å². The van der Waals surface area contributed by atoms with Crippen molar-refractivity contribution in [2.45, 2.75) is 38.1 Å². The van der Waals surface area contributed by atoms with Gasteiger partial charge in [0.15, 0.2) is 0 Å². The van der Waals surface area contributed by atoms with Gasteiger partial charge < -0.3 is 15.2 Å². The van der Waals surface area contributed by atoms with E-state index in [1.54, 1.807) is 5.32 Å². The van der Waals surface area contributed by atoms with Crippen molar-refractivity contribution >= 4 is 11.9 Å². The van der Waals surface area contributed by atoms with Gasteiger partial charge in [0.1, 0.15) is 11.8 Å². The molecule has 1 unspecified atom stereocenters. The van der Waals surface area contributed by atoms with Gasteiger partial charge in [-0.05, 0) is 24.1 Å². The molecule has 0 fully saturated rings. The smallest absolute Gasteiger partial charge is 0.391 e. The molecule has 0 bridgehead atoms. The summed E-state index contributed by atoms with van der Waals surface area (Å²) in [6.45, 7) is -2.97. The van der Waals surface area contributed by atoms with Crippen LogP contribution >= 0.6 is 0 Å². The molecule has 24 heavy (non-hydrogen) atoms. The van der Waals surface area contributed by atoms with Crippen LogP contribution in [0.15, 0.2) is 24.3 Å². The second-order valence-electron chi connectivity index (χ2n) is 4.80. The predicted octanol–water partition coefficient (Wildman–Crippen LogP) is 2.74. The maximum Gasteiger partial charge on any atom is 0.391 e. The summed E-state index contributed by atoms with van der Waals surface area (Å²) in [6.07, 6.45) is -6.56. The van der Waals surface area contributed by atoms with Crippen molar-refractivity contribution in [2.75, 3.05) is 0 Å². The minimum Gasteiger partial charge on any atom is -0.480 e. The average Bonchev–Trinajstić information content (AvgIpc) is 2.43. The van der Waals surface area contributed by atoms with Crippen LogP contribution in [0.5, 0.6) is 5.75 Å². The molecule has 0 heterocycles. The number of halogens is 5. The second-order valence-corrected chi connectivity index (χ2v) is 4.80. The number of nitrogens with one attached hydrogen (secondary N) is 1. The standard InChI is InChI=1S/C14H14F5NO4/c15-13(16)24-9-4-1-8(2-5-9)3-6-11(21)20-10(12(22)23)7-14(17,18)19/h1-2,4-5,10,13H,3,6-7H2,(H,20,21)(H,22,23). The van der Waals surface area contributed by atoms with Crippen LogP contribution in [0.3, 0.4) is 0 Å². The van der Waals surface area contributed by atoms with E-state index in [1.807, 2.05) is 0 Å². The highest BCUT2D eigenvalue weighted by molar-refractivity contribution is 5.83. The third-order valence-electron chi connectivity index (χ3n) is 2.86. The number of alkyl halides is 5. The van der Waals surface area contributed by atoms with Crippen LogP contribution in [-0.2, 0) is 16.0 Å². The normalized spacial score (nSPS) is 12.8. The Morgan fingerprint density at radius 2 is 1.75 bits per heavy atom. The predicted molar refractivity (Wildman–Crippen MR) is 71.6 cm³/mol. The first-order chi connectivity index (χ1) is 11.1. The molecule has 1 amide bonds. The topological polar surface area (TPSA) is 75.6 Å². The minimum absolute atomic E-state index is 0.0747. The van der Waals surface area contributed by atoms with Crippen molar-refractivity contribution in [3.05, 3.63) is 29.8 Å². The lowest BCUT2D eigenvalue weighted by Crippen LogP contribution is -2.43. The number of amides is 1. The average molecular weight is 355 g/mol. The maximum absolute atomic E-state index is 12.2. The number of hydrogen-bond acceptors (Lipinski definition) is 3. The van der Waals surface area contributed by atoms with Gasteiger partial charge in [-0.15, -0.1) is 0 Å². The summed E-state index contributed by atoms with van der Waals surface area (Å²) in [5.74, 6) is -2.72. The van der Waals surface area contributed by atoms with Gasteiger partial charge in [-0.2, -0.15) is 22.0 Å². The molecular formula is C14H14F5NO4. The molecule has 0 aliphatic carbocycles. The lowest BCUT2D eigenvalue weighted by molar-refractivity contribution is -0.160. The monoisotopic (exact) mass is 355 g/mol. The van der Waals surface area contributed by atoms with E-state index in [0.29, 0.717) is 5.56 Å². The fourth-order valence-electron chi connectivity index (χ4n) is 1.79. The summed E-state index contributed by atoms with van der Waals surface area (Å²) in [5.41, 5.74) is 0.550. The van der Waals surface area contributed by atoms with E-state index in [-0.39, 0.29) is 18.6 Å².